The number of benzene rings is 2. The number of aliphatic hydroxyl groups is 7. The molecule has 2 aromatic carbocycles. The normalized spacial score (nSPS) is 32.3. The molecule has 14 heteroatoms. The van der Waals surface area contributed by atoms with E-state index < -0.39 is 107 Å². The molecule has 2 fully saturated rings. The van der Waals surface area contributed by atoms with E-state index in [9.17, 15) is 55.9 Å². The van der Waals surface area contributed by atoms with Crippen molar-refractivity contribution in [2.75, 3.05) is 13.2 Å². The van der Waals surface area contributed by atoms with Crippen LogP contribution in [-0.2, 0) is 9.47 Å². The maximum Gasteiger partial charge on any atom is 0.197 e. The molecular weight excluding hydrogens is 548 g/mol. The van der Waals surface area contributed by atoms with Crippen molar-refractivity contribution in [3.8, 4) is 28.6 Å². The van der Waals surface area contributed by atoms with E-state index in [2.05, 4.69) is 0 Å². The van der Waals surface area contributed by atoms with Gasteiger partial charge < -0.3 is 65.0 Å². The van der Waals surface area contributed by atoms with Crippen molar-refractivity contribution >= 4 is 11.0 Å². The summed E-state index contributed by atoms with van der Waals surface area (Å²) in [4.78, 5) is 13.4. The van der Waals surface area contributed by atoms with E-state index in [0.717, 1.165) is 6.07 Å². The van der Waals surface area contributed by atoms with E-state index in [1.165, 1.54) is 24.3 Å². The number of hydrogen-bond donors (Lipinski definition) is 10. The fraction of sp³-hybridized carbons (Fsp3) is 0.444. The molecular formula is C27H30O14. The molecule has 0 radical (unpaired) electrons. The standard InChI is InChI=1S/C27H30O14/c28-7-15-11(31)5-13(33)25(40-15)19-22(36)18(27-24(38)23(37)20(34)16(8-29)41-27)21(35)17-12(32)6-14(39-26(17)19)9-1-3-10(30)4-2-9/h1-4,6,11,13,15-16,20,23-25,27-31,33-38H,5,7-8H2/t11-,13+,15+,16+,20+,23-,24+,25+,27-/m0/s1. The lowest BCUT2D eigenvalue weighted by Crippen LogP contribution is -2.55. The molecule has 0 amide bonds. The number of aliphatic hydroxyl groups excluding tert-OH is 7. The molecule has 9 atom stereocenters. The molecule has 0 saturated carbocycles. The van der Waals surface area contributed by atoms with Crippen LogP contribution in [0.1, 0.15) is 29.8 Å². The fourth-order valence-electron chi connectivity index (χ4n) is 5.37. The van der Waals surface area contributed by atoms with Crippen LogP contribution in [0.2, 0.25) is 0 Å². The maximum absolute atomic E-state index is 13.4. The number of rotatable bonds is 5. The lowest BCUT2D eigenvalue weighted by Gasteiger charge is -2.41. The van der Waals surface area contributed by atoms with E-state index in [4.69, 9.17) is 13.9 Å². The first kappa shape index (κ1) is 29.2. The summed E-state index contributed by atoms with van der Waals surface area (Å²) in [5.41, 5.74) is -2.00. The van der Waals surface area contributed by atoms with Crippen molar-refractivity contribution in [1.82, 2.24) is 0 Å². The predicted octanol–water partition coefficient (Wildman–Crippen LogP) is -1.36. The first-order chi connectivity index (χ1) is 19.5. The maximum atomic E-state index is 13.4. The SMILES string of the molecule is O=c1cc(-c2ccc(O)cc2)oc2c([C@@H]3O[C@H](CO)[C@@H](O)C[C@H]3O)c(O)c([C@@H]3O[C@H](CO)[C@@H](O)[C@H](O)[C@H]3O)c(O)c12. The molecule has 41 heavy (non-hydrogen) atoms. The van der Waals surface area contributed by atoms with Crippen molar-refractivity contribution in [3.05, 3.63) is 51.7 Å². The van der Waals surface area contributed by atoms with Gasteiger partial charge in [-0.3, -0.25) is 4.79 Å². The second kappa shape index (κ2) is 11.2. The number of ether oxygens (including phenoxy) is 2. The van der Waals surface area contributed by atoms with Crippen LogP contribution >= 0.6 is 0 Å². The Morgan fingerprint density at radius 3 is 2.00 bits per heavy atom. The summed E-state index contributed by atoms with van der Waals surface area (Å²) < 4.78 is 17.2. The zero-order chi connectivity index (χ0) is 29.7. The van der Waals surface area contributed by atoms with Crippen molar-refractivity contribution in [1.29, 1.82) is 0 Å². The van der Waals surface area contributed by atoms with Gasteiger partial charge in [-0.15, -0.1) is 0 Å². The monoisotopic (exact) mass is 578 g/mol. The number of aromatic hydroxyl groups is 3. The van der Waals surface area contributed by atoms with Gasteiger partial charge in [-0.2, -0.15) is 0 Å². The molecule has 0 unspecified atom stereocenters. The largest absolute Gasteiger partial charge is 0.508 e. The van der Waals surface area contributed by atoms with Gasteiger partial charge >= 0.3 is 0 Å². The van der Waals surface area contributed by atoms with Gasteiger partial charge in [0.2, 0.25) is 0 Å². The van der Waals surface area contributed by atoms with Crippen LogP contribution in [0.25, 0.3) is 22.3 Å². The van der Waals surface area contributed by atoms with Crippen LogP contribution in [0.5, 0.6) is 17.2 Å². The molecule has 14 nitrogen and oxygen atoms in total. The number of phenolic OH excluding ortho intramolecular Hbond substituents is 3. The third kappa shape index (κ3) is 4.92. The fourth-order valence-corrected chi connectivity index (χ4v) is 5.37. The molecule has 5 rings (SSSR count). The van der Waals surface area contributed by atoms with Crippen molar-refractivity contribution < 1.29 is 65.0 Å². The summed E-state index contributed by atoms with van der Waals surface area (Å²) in [6, 6.07) is 6.55. The number of hydrogen-bond acceptors (Lipinski definition) is 14. The molecule has 2 aliphatic heterocycles. The minimum Gasteiger partial charge on any atom is -0.508 e. The predicted molar refractivity (Wildman–Crippen MR) is 137 cm³/mol. The molecule has 2 saturated heterocycles. The average molecular weight is 579 g/mol. The molecule has 0 aliphatic carbocycles. The van der Waals surface area contributed by atoms with Gasteiger partial charge in [0.05, 0.1) is 36.5 Å². The Labute approximate surface area is 231 Å². The Morgan fingerprint density at radius 2 is 1.37 bits per heavy atom. The Balaban J connectivity index is 1.80. The smallest absolute Gasteiger partial charge is 0.197 e. The molecule has 3 aromatic rings. The molecule has 3 heterocycles. The van der Waals surface area contributed by atoms with Gasteiger partial charge in [0.25, 0.3) is 0 Å². The van der Waals surface area contributed by atoms with Gasteiger partial charge in [-0.1, -0.05) is 0 Å². The van der Waals surface area contributed by atoms with E-state index in [1.54, 1.807) is 0 Å². The molecule has 0 bridgehead atoms. The second-order valence-corrected chi connectivity index (χ2v) is 10.1. The Kier molecular flexibility index (Phi) is 7.95. The van der Waals surface area contributed by atoms with Crippen LogP contribution in [0.3, 0.4) is 0 Å². The van der Waals surface area contributed by atoms with Gasteiger partial charge in [0.1, 0.15) is 71.1 Å². The summed E-state index contributed by atoms with van der Waals surface area (Å²) in [5, 5.41) is 104. The third-order valence-electron chi connectivity index (χ3n) is 7.57. The number of phenols is 3. The molecule has 222 valence electrons. The van der Waals surface area contributed by atoms with Gasteiger partial charge in [-0.25, -0.2) is 0 Å². The molecule has 0 spiro atoms. The zero-order valence-corrected chi connectivity index (χ0v) is 21.3. The van der Waals surface area contributed by atoms with Crippen LogP contribution in [0, 0.1) is 0 Å². The van der Waals surface area contributed by atoms with Crippen molar-refractivity contribution in [3.63, 3.8) is 0 Å². The van der Waals surface area contributed by atoms with Crippen molar-refractivity contribution in [2.45, 2.75) is 61.4 Å². The second-order valence-electron chi connectivity index (χ2n) is 10.1. The molecule has 1 aromatic heterocycles. The first-order valence-corrected chi connectivity index (χ1v) is 12.8. The lowest BCUT2D eigenvalue weighted by molar-refractivity contribution is -0.232. The van der Waals surface area contributed by atoms with Crippen molar-refractivity contribution in [2.24, 2.45) is 0 Å². The summed E-state index contributed by atoms with van der Waals surface area (Å²) in [7, 11) is 0. The quantitative estimate of drug-likeness (QED) is 0.168. The highest BCUT2D eigenvalue weighted by atomic mass is 16.5. The highest BCUT2D eigenvalue weighted by molar-refractivity contribution is 5.91. The Morgan fingerprint density at radius 1 is 0.732 bits per heavy atom. The summed E-state index contributed by atoms with van der Waals surface area (Å²) in [6.07, 6.45) is -14.8. The van der Waals surface area contributed by atoms with Gasteiger partial charge in [0.15, 0.2) is 11.0 Å². The van der Waals surface area contributed by atoms with E-state index in [-0.39, 0.29) is 17.9 Å². The topological polar surface area (TPSA) is 251 Å². The van der Waals surface area contributed by atoms with Crippen LogP contribution in [0.15, 0.2) is 39.5 Å². The Hall–Kier alpha value is -3.31. The van der Waals surface area contributed by atoms with Crippen LogP contribution in [-0.4, -0.2) is 107 Å². The average Bonchev–Trinajstić information content (AvgIpc) is 2.94. The van der Waals surface area contributed by atoms with Gasteiger partial charge in [0, 0.05) is 18.1 Å². The minimum absolute atomic E-state index is 0.0628. The zero-order valence-electron chi connectivity index (χ0n) is 21.3. The van der Waals surface area contributed by atoms with Crippen LogP contribution in [0.4, 0.5) is 0 Å². The van der Waals surface area contributed by atoms with E-state index in [0.29, 0.717) is 5.56 Å². The summed E-state index contributed by atoms with van der Waals surface area (Å²) in [6.45, 7) is -1.49. The summed E-state index contributed by atoms with van der Waals surface area (Å²) in [5.74, 6) is -1.93. The van der Waals surface area contributed by atoms with E-state index >= 15 is 0 Å². The third-order valence-corrected chi connectivity index (χ3v) is 7.57. The molecule has 10 N–H and O–H groups in total. The first-order valence-electron chi connectivity index (χ1n) is 12.8. The molecule has 2 aliphatic rings. The van der Waals surface area contributed by atoms with Gasteiger partial charge in [-0.05, 0) is 24.3 Å². The highest BCUT2D eigenvalue weighted by Crippen LogP contribution is 2.50. The summed E-state index contributed by atoms with van der Waals surface area (Å²) >= 11 is 0. The Bertz CT molecular complexity index is 1470. The highest BCUT2D eigenvalue weighted by Gasteiger charge is 2.48. The van der Waals surface area contributed by atoms with E-state index in [1.807, 2.05) is 0 Å². The lowest BCUT2D eigenvalue weighted by atomic mass is 9.85. The number of fused-ring (bicyclic) bond motifs is 1. The van der Waals surface area contributed by atoms with Crippen LogP contribution < -0.4 is 5.43 Å². The minimum atomic E-state index is -1.97.